The normalized spacial score (nSPS) is 11.4. The summed E-state index contributed by atoms with van der Waals surface area (Å²) < 4.78 is 0. The van der Waals surface area contributed by atoms with Crippen LogP contribution in [0, 0.1) is 23.7 Å². The number of benzene rings is 2. The molecule has 0 aliphatic rings. The van der Waals surface area contributed by atoms with Gasteiger partial charge in [-0.3, -0.25) is 9.98 Å². The third-order valence-corrected chi connectivity index (χ3v) is 8.99. The van der Waals surface area contributed by atoms with Gasteiger partial charge in [0.1, 0.15) is 0 Å². The van der Waals surface area contributed by atoms with Crippen molar-refractivity contribution in [3.8, 4) is 23.7 Å². The average Bonchev–Trinajstić information content (AvgIpc) is 3.11. The molecular formula is C46H68N2. The van der Waals surface area contributed by atoms with E-state index in [4.69, 9.17) is 9.98 Å². The first-order valence-corrected chi connectivity index (χ1v) is 20.0. The highest BCUT2D eigenvalue weighted by atomic mass is 14.8. The Morgan fingerprint density at radius 1 is 0.479 bits per heavy atom. The lowest BCUT2D eigenvalue weighted by Crippen LogP contribution is -2.00. The van der Waals surface area contributed by atoms with Gasteiger partial charge >= 0.3 is 0 Å². The zero-order valence-corrected chi connectivity index (χ0v) is 31.3. The molecule has 0 radical (unpaired) electrons. The van der Waals surface area contributed by atoms with Gasteiger partial charge in [0, 0.05) is 31.9 Å². The van der Waals surface area contributed by atoms with Crippen molar-refractivity contribution in [1.82, 2.24) is 0 Å². The predicted molar refractivity (Wildman–Crippen MR) is 214 cm³/mol. The second-order valence-electron chi connectivity index (χ2n) is 13.4. The van der Waals surface area contributed by atoms with Crippen LogP contribution in [0.5, 0.6) is 0 Å². The molecule has 0 aliphatic heterocycles. The van der Waals surface area contributed by atoms with E-state index in [1.165, 1.54) is 114 Å². The monoisotopic (exact) mass is 649 g/mol. The van der Waals surface area contributed by atoms with Crippen LogP contribution in [-0.2, 0) is 12.8 Å². The van der Waals surface area contributed by atoms with E-state index in [1.54, 1.807) is 0 Å². The van der Waals surface area contributed by atoms with E-state index in [9.17, 15) is 0 Å². The number of para-hydroxylation sites is 2. The van der Waals surface area contributed by atoms with Crippen LogP contribution in [0.1, 0.15) is 180 Å². The van der Waals surface area contributed by atoms with Crippen molar-refractivity contribution in [3.63, 3.8) is 0 Å². The van der Waals surface area contributed by atoms with E-state index < -0.39 is 0 Å². The molecule has 0 amide bonds. The van der Waals surface area contributed by atoms with Gasteiger partial charge in [0.25, 0.3) is 0 Å². The summed E-state index contributed by atoms with van der Waals surface area (Å²) in [5.74, 6) is 13.7. The lowest BCUT2D eigenvalue weighted by molar-refractivity contribution is 0.579. The van der Waals surface area contributed by atoms with E-state index in [1.807, 2.05) is 6.21 Å². The Labute approximate surface area is 297 Å². The molecule has 262 valence electrons. The molecule has 0 unspecified atom stereocenters. The Balaban J connectivity index is 1.88. The van der Waals surface area contributed by atoms with Crippen molar-refractivity contribution in [1.29, 1.82) is 0 Å². The first-order chi connectivity index (χ1) is 23.8. The topological polar surface area (TPSA) is 24.7 Å². The minimum absolute atomic E-state index is 0.885. The van der Waals surface area contributed by atoms with E-state index in [2.05, 4.69) is 93.0 Å². The third kappa shape index (κ3) is 21.0. The fourth-order valence-corrected chi connectivity index (χ4v) is 5.93. The molecule has 2 aromatic rings. The van der Waals surface area contributed by atoms with Gasteiger partial charge in [-0.2, -0.15) is 0 Å². The van der Waals surface area contributed by atoms with E-state index in [-0.39, 0.29) is 0 Å². The molecule has 2 heteroatoms. The van der Waals surface area contributed by atoms with Gasteiger partial charge in [0.05, 0.1) is 17.1 Å². The molecular weight excluding hydrogens is 581 g/mol. The van der Waals surface area contributed by atoms with Crippen molar-refractivity contribution < 1.29 is 0 Å². The Bertz CT molecular complexity index is 1260. The van der Waals surface area contributed by atoms with Gasteiger partial charge in [0.15, 0.2) is 0 Å². The average molecular weight is 649 g/mol. The highest BCUT2D eigenvalue weighted by Gasteiger charge is 2.04. The Morgan fingerprint density at radius 3 is 1.42 bits per heavy atom. The summed E-state index contributed by atoms with van der Waals surface area (Å²) in [7, 11) is 0. The molecule has 2 rings (SSSR count). The van der Waals surface area contributed by atoms with E-state index in [0.29, 0.717) is 0 Å². The molecule has 0 fully saturated rings. The summed E-state index contributed by atoms with van der Waals surface area (Å²) >= 11 is 0. The second kappa shape index (κ2) is 30.0. The van der Waals surface area contributed by atoms with Crippen molar-refractivity contribution in [3.05, 3.63) is 59.7 Å². The summed E-state index contributed by atoms with van der Waals surface area (Å²) in [5, 5.41) is 0. The summed E-state index contributed by atoms with van der Waals surface area (Å²) in [5.41, 5.74) is 5.67. The first-order valence-electron chi connectivity index (χ1n) is 20.0. The number of rotatable bonds is 26. The molecule has 0 atom stereocenters. The van der Waals surface area contributed by atoms with Gasteiger partial charge in [-0.15, -0.1) is 23.7 Å². The van der Waals surface area contributed by atoms with Crippen LogP contribution < -0.4 is 0 Å². The van der Waals surface area contributed by atoms with Crippen molar-refractivity contribution in [2.45, 2.75) is 181 Å². The van der Waals surface area contributed by atoms with Crippen LogP contribution in [0.3, 0.4) is 0 Å². The van der Waals surface area contributed by atoms with Crippen molar-refractivity contribution in [2.24, 2.45) is 9.98 Å². The molecule has 48 heavy (non-hydrogen) atoms. The Morgan fingerprint density at radius 2 is 0.896 bits per heavy atom. The number of aliphatic imine (C=N–C) groups is 2. The van der Waals surface area contributed by atoms with Crippen LogP contribution in [0.2, 0.25) is 0 Å². The highest BCUT2D eigenvalue weighted by molar-refractivity contribution is 6.31. The minimum Gasteiger partial charge on any atom is -0.255 e. The third-order valence-electron chi connectivity index (χ3n) is 8.99. The number of nitrogens with zero attached hydrogens (tertiary/aromatic N) is 2. The first kappa shape index (κ1) is 41.1. The largest absolute Gasteiger partial charge is 0.255 e. The molecule has 0 aliphatic carbocycles. The SMILES string of the molecule is CCCCCCCCCCC#CCCc1ccccc1N=CC(CCCC)=Nc1ccccc1CCC#CCCCCCCCCCC. The van der Waals surface area contributed by atoms with Crippen LogP contribution in [-0.4, -0.2) is 11.9 Å². The molecule has 0 heterocycles. The number of aryl methyl sites for hydroxylation is 2. The predicted octanol–water partition coefficient (Wildman–Crippen LogP) is 14.3. The molecule has 2 aromatic carbocycles. The zero-order chi connectivity index (χ0) is 34.2. The lowest BCUT2D eigenvalue weighted by atomic mass is 10.1. The van der Waals surface area contributed by atoms with Crippen LogP contribution >= 0.6 is 0 Å². The zero-order valence-electron chi connectivity index (χ0n) is 31.3. The summed E-state index contributed by atoms with van der Waals surface area (Å²) in [6, 6.07) is 17.1. The Kier molecular flexibility index (Phi) is 25.7. The summed E-state index contributed by atoms with van der Waals surface area (Å²) in [6.45, 7) is 6.80. The molecule has 0 spiro atoms. The maximum Gasteiger partial charge on any atom is 0.0665 e. The van der Waals surface area contributed by atoms with Gasteiger partial charge in [-0.05, 0) is 61.8 Å². The standard InChI is InChI=1S/C46H68N2/c1-4-7-10-12-14-16-18-20-22-24-26-28-34-42-36-30-32-39-45(42)47-41-44(38-9-6-3)48-46-40-33-31-37-43(46)35-29-27-25-23-21-19-17-15-13-11-8-5-2/h30-33,36-37,39-41H,4-23,28-29,34-35,38H2,1-3H3. The Hall–Kier alpha value is -3.10. The number of hydrogen-bond acceptors (Lipinski definition) is 2. The van der Waals surface area contributed by atoms with Crippen molar-refractivity contribution >= 4 is 23.3 Å². The maximum absolute atomic E-state index is 5.15. The van der Waals surface area contributed by atoms with Crippen molar-refractivity contribution in [2.75, 3.05) is 0 Å². The smallest absolute Gasteiger partial charge is 0.0665 e. The fraction of sp³-hybridized carbons (Fsp3) is 0.609. The highest BCUT2D eigenvalue weighted by Crippen LogP contribution is 2.23. The molecule has 2 nitrogen and oxygen atoms in total. The molecule has 0 saturated heterocycles. The number of unbranched alkanes of at least 4 members (excludes halogenated alkanes) is 17. The van der Waals surface area contributed by atoms with Gasteiger partial charge in [-0.25, -0.2) is 0 Å². The van der Waals surface area contributed by atoms with E-state index in [0.717, 1.165) is 74.9 Å². The van der Waals surface area contributed by atoms with E-state index >= 15 is 0 Å². The molecule has 0 aromatic heterocycles. The number of hydrogen-bond donors (Lipinski definition) is 0. The molecule has 0 N–H and O–H groups in total. The minimum atomic E-state index is 0.885. The van der Waals surface area contributed by atoms with Crippen LogP contribution in [0.4, 0.5) is 11.4 Å². The van der Waals surface area contributed by atoms with Crippen LogP contribution in [0.15, 0.2) is 58.5 Å². The summed E-state index contributed by atoms with van der Waals surface area (Å²) in [4.78, 5) is 10.1. The second-order valence-corrected chi connectivity index (χ2v) is 13.4. The molecule has 0 bridgehead atoms. The van der Waals surface area contributed by atoms with Gasteiger partial charge < -0.3 is 0 Å². The lowest BCUT2D eigenvalue weighted by Gasteiger charge is -2.07. The van der Waals surface area contributed by atoms with Gasteiger partial charge in [-0.1, -0.05) is 153 Å². The summed E-state index contributed by atoms with van der Waals surface area (Å²) in [6.07, 6.45) is 32.5. The fourth-order valence-electron chi connectivity index (χ4n) is 5.93. The quantitative estimate of drug-likeness (QED) is 0.0551. The van der Waals surface area contributed by atoms with Crippen LogP contribution in [0.25, 0.3) is 0 Å². The molecule has 0 saturated carbocycles. The van der Waals surface area contributed by atoms with Gasteiger partial charge in [0.2, 0.25) is 0 Å². The maximum atomic E-state index is 5.15.